The number of ether oxygens (including phenoxy) is 1. The monoisotopic (exact) mass is 266 g/mol. The van der Waals surface area contributed by atoms with Crippen molar-refractivity contribution in [2.75, 3.05) is 32.1 Å². The SMILES string of the molecule is CCCN(CC(=O)NC)c1cncc(C(=O)OC)n1. The fourth-order valence-corrected chi connectivity index (χ4v) is 1.51. The summed E-state index contributed by atoms with van der Waals surface area (Å²) in [5, 5.41) is 2.55. The van der Waals surface area contributed by atoms with E-state index in [1.54, 1.807) is 11.9 Å². The maximum absolute atomic E-state index is 11.5. The summed E-state index contributed by atoms with van der Waals surface area (Å²) in [6.07, 6.45) is 3.70. The molecular formula is C12H18N4O3. The number of rotatable bonds is 6. The Balaban J connectivity index is 2.95. The molecule has 1 rings (SSSR count). The second-order valence-corrected chi connectivity index (χ2v) is 3.85. The lowest BCUT2D eigenvalue weighted by atomic mass is 10.3. The van der Waals surface area contributed by atoms with Crippen molar-refractivity contribution < 1.29 is 14.3 Å². The van der Waals surface area contributed by atoms with Gasteiger partial charge in [0.05, 0.1) is 26.0 Å². The lowest BCUT2D eigenvalue weighted by molar-refractivity contribution is -0.119. The van der Waals surface area contributed by atoms with Gasteiger partial charge in [0.25, 0.3) is 0 Å². The number of esters is 1. The topological polar surface area (TPSA) is 84.4 Å². The van der Waals surface area contributed by atoms with Gasteiger partial charge >= 0.3 is 5.97 Å². The average molecular weight is 266 g/mol. The van der Waals surface area contributed by atoms with Gasteiger partial charge in [-0.1, -0.05) is 6.92 Å². The molecule has 104 valence electrons. The maximum atomic E-state index is 11.5. The van der Waals surface area contributed by atoms with E-state index in [-0.39, 0.29) is 18.1 Å². The molecule has 0 atom stereocenters. The molecule has 0 saturated carbocycles. The van der Waals surface area contributed by atoms with Crippen LogP contribution in [-0.4, -0.2) is 49.1 Å². The molecule has 0 radical (unpaired) electrons. The zero-order chi connectivity index (χ0) is 14.3. The molecule has 1 amide bonds. The molecule has 7 nitrogen and oxygen atoms in total. The summed E-state index contributed by atoms with van der Waals surface area (Å²) >= 11 is 0. The first-order valence-electron chi connectivity index (χ1n) is 5.98. The van der Waals surface area contributed by atoms with E-state index in [9.17, 15) is 9.59 Å². The zero-order valence-electron chi connectivity index (χ0n) is 11.3. The van der Waals surface area contributed by atoms with Crippen molar-refractivity contribution in [1.29, 1.82) is 0 Å². The molecule has 0 aromatic carbocycles. The fraction of sp³-hybridized carbons (Fsp3) is 0.500. The molecule has 0 spiro atoms. The van der Waals surface area contributed by atoms with Crippen LogP contribution >= 0.6 is 0 Å². The van der Waals surface area contributed by atoms with Crippen LogP contribution in [0.3, 0.4) is 0 Å². The van der Waals surface area contributed by atoms with Crippen molar-refractivity contribution in [3.63, 3.8) is 0 Å². The largest absolute Gasteiger partial charge is 0.464 e. The summed E-state index contributed by atoms with van der Waals surface area (Å²) in [5.74, 6) is -0.196. The standard InChI is InChI=1S/C12H18N4O3/c1-4-5-16(8-11(17)13-2)10-7-14-6-9(15-10)12(18)19-3/h6-7H,4-5,8H2,1-3H3,(H,13,17). The van der Waals surface area contributed by atoms with Gasteiger partial charge < -0.3 is 15.0 Å². The van der Waals surface area contributed by atoms with Crippen LogP contribution in [0, 0.1) is 0 Å². The van der Waals surface area contributed by atoms with Crippen molar-refractivity contribution in [3.8, 4) is 0 Å². The lowest BCUT2D eigenvalue weighted by Crippen LogP contribution is -2.36. The van der Waals surface area contributed by atoms with Crippen LogP contribution in [0.25, 0.3) is 0 Å². The Morgan fingerprint density at radius 2 is 2.16 bits per heavy atom. The highest BCUT2D eigenvalue weighted by atomic mass is 16.5. The molecule has 1 aromatic heterocycles. The number of carbonyl (C=O) groups is 2. The Hall–Kier alpha value is -2.18. The molecule has 1 heterocycles. The van der Waals surface area contributed by atoms with Gasteiger partial charge in [-0.05, 0) is 6.42 Å². The third-order valence-corrected chi connectivity index (χ3v) is 2.45. The molecule has 0 bridgehead atoms. The molecular weight excluding hydrogens is 248 g/mol. The van der Waals surface area contributed by atoms with E-state index >= 15 is 0 Å². The molecule has 0 aliphatic heterocycles. The summed E-state index contributed by atoms with van der Waals surface area (Å²) < 4.78 is 4.59. The highest BCUT2D eigenvalue weighted by Crippen LogP contribution is 2.10. The van der Waals surface area contributed by atoms with E-state index in [1.807, 2.05) is 6.92 Å². The molecule has 0 aliphatic carbocycles. The maximum Gasteiger partial charge on any atom is 0.358 e. The summed E-state index contributed by atoms with van der Waals surface area (Å²) in [4.78, 5) is 32.7. The first kappa shape index (κ1) is 14.9. The van der Waals surface area contributed by atoms with Gasteiger partial charge in [0.1, 0.15) is 5.82 Å². The number of nitrogens with zero attached hydrogens (tertiary/aromatic N) is 3. The number of nitrogens with one attached hydrogen (secondary N) is 1. The van der Waals surface area contributed by atoms with Crippen LogP contribution in [-0.2, 0) is 9.53 Å². The van der Waals surface area contributed by atoms with E-state index < -0.39 is 5.97 Å². The number of carbonyl (C=O) groups excluding carboxylic acids is 2. The van der Waals surface area contributed by atoms with Gasteiger partial charge in [-0.2, -0.15) is 0 Å². The highest BCUT2D eigenvalue weighted by molar-refractivity contribution is 5.87. The second kappa shape index (κ2) is 7.30. The number of aromatic nitrogens is 2. The minimum atomic E-state index is -0.550. The van der Waals surface area contributed by atoms with Gasteiger partial charge in [0.2, 0.25) is 5.91 Å². The molecule has 19 heavy (non-hydrogen) atoms. The van der Waals surface area contributed by atoms with Crippen molar-refractivity contribution in [3.05, 3.63) is 18.1 Å². The van der Waals surface area contributed by atoms with E-state index in [4.69, 9.17) is 0 Å². The number of hydrogen-bond acceptors (Lipinski definition) is 6. The number of amides is 1. The molecule has 0 fully saturated rings. The van der Waals surface area contributed by atoms with Crippen LogP contribution in [0.5, 0.6) is 0 Å². The van der Waals surface area contributed by atoms with Crippen molar-refractivity contribution >= 4 is 17.7 Å². The van der Waals surface area contributed by atoms with Crippen LogP contribution in [0.2, 0.25) is 0 Å². The smallest absolute Gasteiger partial charge is 0.358 e. The number of anilines is 1. The van der Waals surface area contributed by atoms with Gasteiger partial charge in [-0.3, -0.25) is 9.78 Å². The van der Waals surface area contributed by atoms with Crippen LogP contribution in [0.15, 0.2) is 12.4 Å². The van der Waals surface area contributed by atoms with E-state index in [0.717, 1.165) is 6.42 Å². The van der Waals surface area contributed by atoms with E-state index in [0.29, 0.717) is 12.4 Å². The average Bonchev–Trinajstić information content (AvgIpc) is 2.45. The number of likely N-dealkylation sites (N-methyl/N-ethyl adjacent to an activating group) is 1. The van der Waals surface area contributed by atoms with Gasteiger partial charge in [0, 0.05) is 13.6 Å². The first-order chi connectivity index (χ1) is 9.12. The molecule has 1 aromatic rings. The Labute approximate surface area is 112 Å². The summed E-state index contributed by atoms with van der Waals surface area (Å²) in [6, 6.07) is 0. The lowest BCUT2D eigenvalue weighted by Gasteiger charge is -2.21. The van der Waals surface area contributed by atoms with Crippen LogP contribution in [0.4, 0.5) is 5.82 Å². The Morgan fingerprint density at radius 1 is 1.42 bits per heavy atom. The van der Waals surface area contributed by atoms with Crippen molar-refractivity contribution in [2.45, 2.75) is 13.3 Å². The van der Waals surface area contributed by atoms with E-state index in [2.05, 4.69) is 20.0 Å². The Bertz CT molecular complexity index is 450. The van der Waals surface area contributed by atoms with Crippen molar-refractivity contribution in [2.24, 2.45) is 0 Å². The molecule has 1 N–H and O–H groups in total. The third kappa shape index (κ3) is 4.20. The normalized spacial score (nSPS) is 9.84. The van der Waals surface area contributed by atoms with E-state index in [1.165, 1.54) is 19.5 Å². The molecule has 7 heteroatoms. The predicted octanol–water partition coefficient (Wildman–Crippen LogP) is 0.226. The predicted molar refractivity (Wildman–Crippen MR) is 69.9 cm³/mol. The van der Waals surface area contributed by atoms with Gasteiger partial charge in [-0.25, -0.2) is 9.78 Å². The minimum absolute atomic E-state index is 0.123. The summed E-state index contributed by atoms with van der Waals surface area (Å²) in [6.45, 7) is 2.81. The Morgan fingerprint density at radius 3 is 2.74 bits per heavy atom. The molecule has 0 aliphatic rings. The zero-order valence-corrected chi connectivity index (χ0v) is 11.3. The quantitative estimate of drug-likeness (QED) is 0.742. The highest BCUT2D eigenvalue weighted by Gasteiger charge is 2.14. The summed E-state index contributed by atoms with van der Waals surface area (Å²) in [5.41, 5.74) is 0.123. The number of methoxy groups -OCH3 is 1. The molecule has 0 saturated heterocycles. The molecule has 0 unspecified atom stereocenters. The van der Waals surface area contributed by atoms with Gasteiger partial charge in [0.15, 0.2) is 5.69 Å². The third-order valence-electron chi connectivity index (χ3n) is 2.45. The Kier molecular flexibility index (Phi) is 5.72. The minimum Gasteiger partial charge on any atom is -0.464 e. The number of hydrogen-bond donors (Lipinski definition) is 1. The van der Waals surface area contributed by atoms with Crippen molar-refractivity contribution in [1.82, 2.24) is 15.3 Å². The van der Waals surface area contributed by atoms with Gasteiger partial charge in [-0.15, -0.1) is 0 Å². The first-order valence-corrected chi connectivity index (χ1v) is 5.98. The fourth-order valence-electron chi connectivity index (χ4n) is 1.51. The van der Waals surface area contributed by atoms with Crippen LogP contribution in [0.1, 0.15) is 23.8 Å². The second-order valence-electron chi connectivity index (χ2n) is 3.85. The summed E-state index contributed by atoms with van der Waals surface area (Å²) in [7, 11) is 2.86. The van der Waals surface area contributed by atoms with Crippen LogP contribution < -0.4 is 10.2 Å².